The lowest BCUT2D eigenvalue weighted by Gasteiger charge is -2.19. The third-order valence-corrected chi connectivity index (χ3v) is 1.45. The lowest BCUT2D eigenvalue weighted by molar-refractivity contribution is -0.154. The predicted molar refractivity (Wildman–Crippen MR) is 57.7 cm³/mol. The first-order valence-corrected chi connectivity index (χ1v) is 4.70. The number of ether oxygens (including phenoxy) is 1. The summed E-state index contributed by atoms with van der Waals surface area (Å²) in [7, 11) is 0. The maximum atomic E-state index is 11.2. The molecule has 78 valence electrons. The molecule has 0 atom stereocenters. The summed E-state index contributed by atoms with van der Waals surface area (Å²) in [6.07, 6.45) is 8.05. The Morgan fingerprint density at radius 2 is 2.07 bits per heavy atom. The Bertz CT molecular complexity index is 261. The Morgan fingerprint density at radius 1 is 1.50 bits per heavy atom. The molecule has 0 N–H and O–H groups in total. The highest BCUT2D eigenvalue weighted by Gasteiger charge is 2.15. The van der Waals surface area contributed by atoms with E-state index in [0.717, 1.165) is 5.57 Å². The number of carbonyl (C=O) groups is 1. The monoisotopic (exact) mass is 194 g/mol. The fourth-order valence-corrected chi connectivity index (χ4v) is 0.858. The van der Waals surface area contributed by atoms with Gasteiger partial charge in [0.05, 0.1) is 0 Å². The van der Waals surface area contributed by atoms with Crippen LogP contribution in [0.25, 0.3) is 0 Å². The topological polar surface area (TPSA) is 26.3 Å². The summed E-state index contributed by atoms with van der Waals surface area (Å²) in [4.78, 5) is 11.2. The van der Waals surface area contributed by atoms with Gasteiger partial charge >= 0.3 is 5.97 Å². The van der Waals surface area contributed by atoms with E-state index in [1.807, 2.05) is 33.8 Å². The van der Waals surface area contributed by atoms with Crippen molar-refractivity contribution < 1.29 is 9.53 Å². The molecule has 0 aromatic heterocycles. The molecule has 0 aromatic carbocycles. The van der Waals surface area contributed by atoms with Crippen molar-refractivity contribution in [2.45, 2.75) is 46.1 Å². The minimum Gasteiger partial charge on any atom is -0.460 e. The molecule has 0 aliphatic rings. The van der Waals surface area contributed by atoms with Gasteiger partial charge in [0.15, 0.2) is 0 Å². The molecule has 0 aliphatic carbocycles. The third kappa shape index (κ3) is 7.42. The second-order valence-corrected chi connectivity index (χ2v) is 4.16. The molecule has 0 saturated carbocycles. The minimum atomic E-state index is -0.401. The van der Waals surface area contributed by atoms with Crippen molar-refractivity contribution >= 4 is 5.97 Å². The molecular formula is C12H18O2. The number of allylic oxidation sites excluding steroid dienone is 2. The van der Waals surface area contributed by atoms with Crippen molar-refractivity contribution in [3.8, 4) is 12.3 Å². The SMILES string of the molecule is C#C/C(C)=C\CCC(=O)OC(C)(C)C. The molecule has 0 aromatic rings. The van der Waals surface area contributed by atoms with Gasteiger partial charge < -0.3 is 4.74 Å². The van der Waals surface area contributed by atoms with Crippen molar-refractivity contribution in [2.24, 2.45) is 0 Å². The first kappa shape index (κ1) is 12.8. The van der Waals surface area contributed by atoms with E-state index in [1.54, 1.807) is 0 Å². The molecule has 0 radical (unpaired) electrons. The van der Waals surface area contributed by atoms with Crippen LogP contribution in [-0.2, 0) is 9.53 Å². The average molecular weight is 194 g/mol. The molecule has 0 amide bonds. The summed E-state index contributed by atoms with van der Waals surface area (Å²) in [5, 5.41) is 0. The lowest BCUT2D eigenvalue weighted by Crippen LogP contribution is -2.23. The van der Waals surface area contributed by atoms with Gasteiger partial charge in [-0.15, -0.1) is 6.42 Å². The van der Waals surface area contributed by atoms with Crippen LogP contribution in [-0.4, -0.2) is 11.6 Å². The standard InChI is InChI=1S/C12H18O2/c1-6-10(2)8-7-9-11(13)14-12(3,4)5/h1,8H,7,9H2,2-5H3/b10-8-. The fourth-order valence-electron chi connectivity index (χ4n) is 0.858. The van der Waals surface area contributed by atoms with Crippen LogP contribution in [0.3, 0.4) is 0 Å². The van der Waals surface area contributed by atoms with Crippen LogP contribution in [0.5, 0.6) is 0 Å². The van der Waals surface area contributed by atoms with Crippen molar-refractivity contribution in [1.82, 2.24) is 0 Å². The zero-order chi connectivity index (χ0) is 11.2. The summed E-state index contributed by atoms with van der Waals surface area (Å²) in [6, 6.07) is 0. The van der Waals surface area contributed by atoms with Gasteiger partial charge in [0.25, 0.3) is 0 Å². The van der Waals surface area contributed by atoms with Gasteiger partial charge in [-0.25, -0.2) is 0 Å². The van der Waals surface area contributed by atoms with Crippen molar-refractivity contribution in [1.29, 1.82) is 0 Å². The van der Waals surface area contributed by atoms with E-state index in [2.05, 4.69) is 5.92 Å². The van der Waals surface area contributed by atoms with Crippen LogP contribution in [0, 0.1) is 12.3 Å². The molecule has 0 spiro atoms. The Morgan fingerprint density at radius 3 is 2.50 bits per heavy atom. The van der Waals surface area contributed by atoms with Crippen LogP contribution in [0.4, 0.5) is 0 Å². The molecule has 0 bridgehead atoms. The van der Waals surface area contributed by atoms with Gasteiger partial charge in [0, 0.05) is 6.42 Å². The third-order valence-electron chi connectivity index (χ3n) is 1.45. The predicted octanol–water partition coefficient (Wildman–Crippen LogP) is 2.69. The van der Waals surface area contributed by atoms with Crippen LogP contribution in [0.1, 0.15) is 40.5 Å². The molecule has 0 aliphatic heterocycles. The normalized spacial score (nSPS) is 12.1. The van der Waals surface area contributed by atoms with Crippen LogP contribution >= 0.6 is 0 Å². The van der Waals surface area contributed by atoms with E-state index in [0.29, 0.717) is 12.8 Å². The maximum absolute atomic E-state index is 11.2. The largest absolute Gasteiger partial charge is 0.460 e. The molecule has 0 unspecified atom stereocenters. The summed E-state index contributed by atoms with van der Waals surface area (Å²) in [5.74, 6) is 2.31. The van der Waals surface area contributed by atoms with Crippen LogP contribution in [0.2, 0.25) is 0 Å². The number of terminal acetylenes is 1. The Hall–Kier alpha value is -1.23. The Balaban J connectivity index is 3.83. The molecule has 0 fully saturated rings. The highest BCUT2D eigenvalue weighted by Crippen LogP contribution is 2.09. The average Bonchev–Trinajstić information content (AvgIpc) is 2.00. The van der Waals surface area contributed by atoms with E-state index in [4.69, 9.17) is 11.2 Å². The first-order valence-electron chi connectivity index (χ1n) is 4.70. The minimum absolute atomic E-state index is 0.182. The summed E-state index contributed by atoms with van der Waals surface area (Å²) >= 11 is 0. The van der Waals surface area contributed by atoms with E-state index in [1.165, 1.54) is 0 Å². The first-order chi connectivity index (χ1) is 6.35. The van der Waals surface area contributed by atoms with Crippen LogP contribution in [0.15, 0.2) is 11.6 Å². The maximum Gasteiger partial charge on any atom is 0.306 e. The van der Waals surface area contributed by atoms with Crippen LogP contribution < -0.4 is 0 Å². The number of rotatable bonds is 3. The van der Waals surface area contributed by atoms with E-state index < -0.39 is 5.60 Å². The van der Waals surface area contributed by atoms with Crippen molar-refractivity contribution in [3.05, 3.63) is 11.6 Å². The van der Waals surface area contributed by atoms with E-state index in [9.17, 15) is 4.79 Å². The smallest absolute Gasteiger partial charge is 0.306 e. The lowest BCUT2D eigenvalue weighted by atomic mass is 10.2. The van der Waals surface area contributed by atoms with Gasteiger partial charge in [-0.2, -0.15) is 0 Å². The zero-order valence-electron chi connectivity index (χ0n) is 9.39. The van der Waals surface area contributed by atoms with Gasteiger partial charge in [0.2, 0.25) is 0 Å². The molecule has 0 rings (SSSR count). The number of esters is 1. The Kier molecular flexibility index (Phi) is 5.01. The quantitative estimate of drug-likeness (QED) is 0.510. The second-order valence-electron chi connectivity index (χ2n) is 4.16. The van der Waals surface area contributed by atoms with E-state index in [-0.39, 0.29) is 5.97 Å². The molecule has 2 heteroatoms. The van der Waals surface area contributed by atoms with Crippen molar-refractivity contribution in [2.75, 3.05) is 0 Å². The fraction of sp³-hybridized carbons (Fsp3) is 0.583. The molecule has 2 nitrogen and oxygen atoms in total. The number of carbonyl (C=O) groups excluding carboxylic acids is 1. The van der Waals surface area contributed by atoms with Gasteiger partial charge in [0.1, 0.15) is 5.60 Å². The number of hydrogen-bond donors (Lipinski definition) is 0. The molecule has 0 heterocycles. The van der Waals surface area contributed by atoms with Gasteiger partial charge in [-0.05, 0) is 39.7 Å². The van der Waals surface area contributed by atoms with E-state index >= 15 is 0 Å². The highest BCUT2D eigenvalue weighted by molar-refractivity contribution is 5.70. The molecular weight excluding hydrogens is 176 g/mol. The second kappa shape index (κ2) is 5.49. The highest BCUT2D eigenvalue weighted by atomic mass is 16.6. The van der Waals surface area contributed by atoms with Gasteiger partial charge in [-0.1, -0.05) is 12.0 Å². The van der Waals surface area contributed by atoms with Gasteiger partial charge in [-0.3, -0.25) is 4.79 Å². The zero-order valence-corrected chi connectivity index (χ0v) is 9.39. The Labute approximate surface area is 86.3 Å². The summed E-state index contributed by atoms with van der Waals surface area (Å²) < 4.78 is 5.13. The molecule has 0 saturated heterocycles. The number of hydrogen-bond acceptors (Lipinski definition) is 2. The summed E-state index contributed by atoms with van der Waals surface area (Å²) in [6.45, 7) is 7.41. The summed E-state index contributed by atoms with van der Waals surface area (Å²) in [5.41, 5.74) is 0.454. The molecule has 14 heavy (non-hydrogen) atoms. The van der Waals surface area contributed by atoms with Crippen molar-refractivity contribution in [3.63, 3.8) is 0 Å².